The van der Waals surface area contributed by atoms with E-state index in [-0.39, 0.29) is 5.82 Å². The van der Waals surface area contributed by atoms with Crippen LogP contribution >= 0.6 is 0 Å². The second-order valence-corrected chi connectivity index (χ2v) is 6.28. The van der Waals surface area contributed by atoms with Gasteiger partial charge in [0.2, 0.25) is 0 Å². The summed E-state index contributed by atoms with van der Waals surface area (Å²) in [5.74, 6) is 0.720. The smallest absolute Gasteiger partial charge is 0.167 e. The van der Waals surface area contributed by atoms with Crippen LogP contribution in [0.4, 0.5) is 10.1 Å². The van der Waals surface area contributed by atoms with Crippen molar-refractivity contribution in [3.63, 3.8) is 0 Å². The zero-order chi connectivity index (χ0) is 15.4. The van der Waals surface area contributed by atoms with E-state index in [4.69, 9.17) is 4.74 Å². The summed E-state index contributed by atoms with van der Waals surface area (Å²) >= 11 is 0. The number of rotatable bonds is 5. The summed E-state index contributed by atoms with van der Waals surface area (Å²) in [6.07, 6.45) is 1.14. The summed E-state index contributed by atoms with van der Waals surface area (Å²) in [4.78, 5) is 2.29. The number of nitrogens with one attached hydrogen (secondary N) is 1. The molecule has 1 saturated heterocycles. The summed E-state index contributed by atoms with van der Waals surface area (Å²) in [5.41, 5.74) is 0.943. The lowest BCUT2D eigenvalue weighted by Crippen LogP contribution is -2.56. The minimum Gasteiger partial charge on any atom is -0.491 e. The van der Waals surface area contributed by atoms with E-state index in [0.29, 0.717) is 30.4 Å². The molecule has 1 N–H and O–H groups in total. The molecule has 1 aliphatic rings. The maximum Gasteiger partial charge on any atom is 0.167 e. The number of piperazine rings is 1. The first-order valence-electron chi connectivity index (χ1n) is 7.93. The number of ether oxygens (including phenoxy) is 1. The average Bonchev–Trinajstić information content (AvgIpc) is 2.43. The third kappa shape index (κ3) is 4.10. The van der Waals surface area contributed by atoms with Gasteiger partial charge in [-0.1, -0.05) is 13.8 Å². The lowest BCUT2D eigenvalue weighted by atomic mass is 9.99. The van der Waals surface area contributed by atoms with E-state index in [9.17, 15) is 4.39 Å². The lowest BCUT2D eigenvalue weighted by molar-refractivity contribution is 0.321. The molecule has 0 spiro atoms. The van der Waals surface area contributed by atoms with Crippen LogP contribution in [0.5, 0.6) is 5.75 Å². The fourth-order valence-electron chi connectivity index (χ4n) is 2.96. The van der Waals surface area contributed by atoms with E-state index in [1.165, 1.54) is 0 Å². The Balaban J connectivity index is 2.13. The molecule has 0 radical (unpaired) electrons. The Morgan fingerprint density at radius 2 is 2.19 bits per heavy atom. The third-order valence-corrected chi connectivity index (χ3v) is 3.95. The molecular formula is C17H27FN2O. The molecule has 2 rings (SSSR count). The minimum absolute atomic E-state index is 0.277. The zero-order valence-electron chi connectivity index (χ0n) is 13.5. The van der Waals surface area contributed by atoms with Gasteiger partial charge in [-0.2, -0.15) is 0 Å². The van der Waals surface area contributed by atoms with Crippen LogP contribution in [0, 0.1) is 11.7 Å². The predicted octanol–water partition coefficient (Wildman–Crippen LogP) is 3.44. The zero-order valence-corrected chi connectivity index (χ0v) is 13.5. The van der Waals surface area contributed by atoms with Gasteiger partial charge < -0.3 is 15.0 Å². The average molecular weight is 294 g/mol. The molecule has 1 aliphatic heterocycles. The Morgan fingerprint density at radius 3 is 2.81 bits per heavy atom. The minimum atomic E-state index is -0.277. The van der Waals surface area contributed by atoms with Gasteiger partial charge in [0, 0.05) is 36.9 Å². The molecule has 2 unspecified atom stereocenters. The van der Waals surface area contributed by atoms with Crippen LogP contribution in [0.3, 0.4) is 0 Å². The number of hydrogen-bond donors (Lipinski definition) is 1. The summed E-state index contributed by atoms with van der Waals surface area (Å²) in [6, 6.07) is 6.13. The van der Waals surface area contributed by atoms with Gasteiger partial charge in [-0.05, 0) is 38.3 Å². The normalized spacial score (nSPS) is 22.7. The van der Waals surface area contributed by atoms with Gasteiger partial charge in [0.1, 0.15) is 0 Å². The molecule has 1 heterocycles. The number of anilines is 1. The van der Waals surface area contributed by atoms with Gasteiger partial charge >= 0.3 is 0 Å². The molecular weight excluding hydrogens is 267 g/mol. The molecule has 118 valence electrons. The lowest BCUT2D eigenvalue weighted by Gasteiger charge is -2.41. The van der Waals surface area contributed by atoms with Gasteiger partial charge in [-0.15, -0.1) is 0 Å². The molecule has 0 aromatic heterocycles. The number of benzene rings is 1. The van der Waals surface area contributed by atoms with Crippen molar-refractivity contribution in [3.8, 4) is 5.75 Å². The Morgan fingerprint density at radius 1 is 1.43 bits per heavy atom. The van der Waals surface area contributed by atoms with Gasteiger partial charge in [0.15, 0.2) is 11.6 Å². The van der Waals surface area contributed by atoms with Crippen molar-refractivity contribution in [2.75, 3.05) is 24.6 Å². The molecule has 0 amide bonds. The van der Waals surface area contributed by atoms with E-state index in [1.54, 1.807) is 12.1 Å². The highest BCUT2D eigenvalue weighted by Crippen LogP contribution is 2.27. The van der Waals surface area contributed by atoms with Crippen molar-refractivity contribution in [3.05, 3.63) is 24.0 Å². The van der Waals surface area contributed by atoms with Crippen LogP contribution < -0.4 is 15.0 Å². The van der Waals surface area contributed by atoms with Gasteiger partial charge in [-0.25, -0.2) is 4.39 Å². The van der Waals surface area contributed by atoms with E-state index in [2.05, 4.69) is 31.0 Å². The third-order valence-electron chi connectivity index (χ3n) is 3.95. The van der Waals surface area contributed by atoms with Crippen molar-refractivity contribution in [2.45, 2.75) is 46.2 Å². The summed E-state index contributed by atoms with van der Waals surface area (Å²) in [5, 5.41) is 3.59. The van der Waals surface area contributed by atoms with E-state index >= 15 is 0 Å². The highest BCUT2D eigenvalue weighted by atomic mass is 19.1. The van der Waals surface area contributed by atoms with Crippen LogP contribution in [0.1, 0.15) is 34.1 Å². The molecule has 0 bridgehead atoms. The molecule has 0 saturated carbocycles. The van der Waals surface area contributed by atoms with Crippen LogP contribution in [0.2, 0.25) is 0 Å². The van der Waals surface area contributed by atoms with Gasteiger partial charge in [-0.3, -0.25) is 0 Å². The van der Waals surface area contributed by atoms with Crippen molar-refractivity contribution in [1.29, 1.82) is 0 Å². The first-order valence-corrected chi connectivity index (χ1v) is 7.93. The maximum atomic E-state index is 14.1. The molecule has 1 aromatic carbocycles. The standard InChI is InChI=1S/C17H27FN2O/c1-5-21-17-7-6-15(9-16(17)18)20-11-14(8-12(2)3)19-10-13(20)4/h6-7,9,12-14,19H,5,8,10-11H2,1-4H3. The number of halogens is 1. The highest BCUT2D eigenvalue weighted by molar-refractivity contribution is 5.51. The van der Waals surface area contributed by atoms with E-state index in [0.717, 1.165) is 25.2 Å². The highest BCUT2D eigenvalue weighted by Gasteiger charge is 2.26. The van der Waals surface area contributed by atoms with Crippen molar-refractivity contribution in [1.82, 2.24) is 5.32 Å². The first kappa shape index (κ1) is 16.1. The number of nitrogens with zero attached hydrogens (tertiary/aromatic N) is 1. The summed E-state index contributed by atoms with van der Waals surface area (Å²) in [7, 11) is 0. The summed E-state index contributed by atoms with van der Waals surface area (Å²) in [6.45, 7) is 10.9. The summed E-state index contributed by atoms with van der Waals surface area (Å²) < 4.78 is 19.3. The Bertz CT molecular complexity index is 464. The Kier molecular flexibility index (Phi) is 5.45. The molecule has 0 aliphatic carbocycles. The van der Waals surface area contributed by atoms with Crippen LogP contribution in [0.25, 0.3) is 0 Å². The molecule has 21 heavy (non-hydrogen) atoms. The molecule has 1 fully saturated rings. The molecule has 2 atom stereocenters. The predicted molar refractivity (Wildman–Crippen MR) is 85.6 cm³/mol. The second-order valence-electron chi connectivity index (χ2n) is 6.28. The monoisotopic (exact) mass is 294 g/mol. The van der Waals surface area contributed by atoms with Crippen molar-refractivity contribution < 1.29 is 9.13 Å². The second kappa shape index (κ2) is 7.12. The van der Waals surface area contributed by atoms with Crippen molar-refractivity contribution in [2.24, 2.45) is 5.92 Å². The van der Waals surface area contributed by atoms with Crippen molar-refractivity contribution >= 4 is 5.69 Å². The van der Waals surface area contributed by atoms with E-state index in [1.807, 2.05) is 13.0 Å². The molecule has 3 nitrogen and oxygen atoms in total. The van der Waals surface area contributed by atoms with Gasteiger partial charge in [0.05, 0.1) is 6.61 Å². The molecule has 4 heteroatoms. The fraction of sp³-hybridized carbons (Fsp3) is 0.647. The quantitative estimate of drug-likeness (QED) is 0.900. The van der Waals surface area contributed by atoms with Gasteiger partial charge in [0.25, 0.3) is 0 Å². The maximum absolute atomic E-state index is 14.1. The SMILES string of the molecule is CCOc1ccc(N2CC(CC(C)C)NCC2C)cc1F. The first-order chi connectivity index (χ1) is 10.0. The number of hydrogen-bond acceptors (Lipinski definition) is 3. The Labute approximate surface area is 127 Å². The van der Waals surface area contributed by atoms with E-state index < -0.39 is 0 Å². The van der Waals surface area contributed by atoms with Crippen LogP contribution in [-0.4, -0.2) is 31.8 Å². The fourth-order valence-corrected chi connectivity index (χ4v) is 2.96. The Hall–Kier alpha value is -1.29. The molecule has 1 aromatic rings. The largest absolute Gasteiger partial charge is 0.491 e. The van der Waals surface area contributed by atoms with Crippen LogP contribution in [0.15, 0.2) is 18.2 Å². The topological polar surface area (TPSA) is 24.5 Å². The van der Waals surface area contributed by atoms with Crippen LogP contribution in [-0.2, 0) is 0 Å².